The monoisotopic (exact) mass is 289 g/mol. The molecule has 0 radical (unpaired) electrons. The summed E-state index contributed by atoms with van der Waals surface area (Å²) in [6, 6.07) is 11.1. The van der Waals surface area contributed by atoms with Crippen molar-refractivity contribution in [3.8, 4) is 0 Å². The Hall–Kier alpha value is -1.45. The lowest BCUT2D eigenvalue weighted by Crippen LogP contribution is -2.24. The number of aliphatic hydroxyl groups is 1. The first-order chi connectivity index (χ1) is 8.16. The van der Waals surface area contributed by atoms with E-state index in [2.05, 4.69) is 27.5 Å². The van der Waals surface area contributed by atoms with Crippen molar-refractivity contribution in [1.82, 2.24) is 4.98 Å². The fourth-order valence-corrected chi connectivity index (χ4v) is 1.96. The van der Waals surface area contributed by atoms with E-state index in [0.29, 0.717) is 5.56 Å². The highest BCUT2D eigenvalue weighted by molar-refractivity contribution is 9.10. The number of rotatable bonds is 3. The molecule has 0 aliphatic rings. The quantitative estimate of drug-likeness (QED) is 0.880. The van der Waals surface area contributed by atoms with Gasteiger partial charge in [-0.1, -0.05) is 46.8 Å². The standard InChI is InChI=1S/C14H12BrNO/c1-2-14(17,12-4-3-9-16-10-12)11-5-7-13(15)8-6-11/h2-10,17H,1H2/t14-/m0/s1. The predicted molar refractivity (Wildman–Crippen MR) is 71.6 cm³/mol. The molecule has 86 valence electrons. The summed E-state index contributed by atoms with van der Waals surface area (Å²) in [5, 5.41) is 10.7. The summed E-state index contributed by atoms with van der Waals surface area (Å²) >= 11 is 3.37. The van der Waals surface area contributed by atoms with E-state index in [1.165, 1.54) is 6.08 Å². The zero-order chi connectivity index (χ0) is 12.3. The third-order valence-corrected chi connectivity index (χ3v) is 3.21. The normalized spacial score (nSPS) is 14.0. The second-order valence-corrected chi connectivity index (χ2v) is 4.63. The Bertz CT molecular complexity index is 510. The Morgan fingerprint density at radius 3 is 2.41 bits per heavy atom. The molecular weight excluding hydrogens is 278 g/mol. The second kappa shape index (κ2) is 4.82. The molecule has 0 spiro atoms. The van der Waals surface area contributed by atoms with Crippen LogP contribution in [0.1, 0.15) is 11.1 Å². The molecule has 2 aromatic rings. The van der Waals surface area contributed by atoms with Gasteiger partial charge in [0.2, 0.25) is 0 Å². The summed E-state index contributed by atoms with van der Waals surface area (Å²) in [6.45, 7) is 3.72. The average molecular weight is 290 g/mol. The first-order valence-corrected chi connectivity index (χ1v) is 5.98. The van der Waals surface area contributed by atoms with Crippen molar-refractivity contribution >= 4 is 15.9 Å². The summed E-state index contributed by atoms with van der Waals surface area (Å²) in [4.78, 5) is 4.02. The van der Waals surface area contributed by atoms with Crippen molar-refractivity contribution in [2.45, 2.75) is 5.60 Å². The molecule has 0 saturated carbocycles. The Labute approximate surface area is 109 Å². The van der Waals surface area contributed by atoms with Gasteiger partial charge >= 0.3 is 0 Å². The van der Waals surface area contributed by atoms with Crippen LogP contribution < -0.4 is 0 Å². The first-order valence-electron chi connectivity index (χ1n) is 5.19. The Morgan fingerprint density at radius 2 is 1.88 bits per heavy atom. The number of nitrogens with zero attached hydrogens (tertiary/aromatic N) is 1. The molecule has 0 aliphatic carbocycles. The van der Waals surface area contributed by atoms with Gasteiger partial charge in [-0.15, -0.1) is 0 Å². The van der Waals surface area contributed by atoms with Crippen LogP contribution in [-0.4, -0.2) is 10.1 Å². The zero-order valence-electron chi connectivity index (χ0n) is 9.18. The molecule has 1 aromatic heterocycles. The van der Waals surface area contributed by atoms with Crippen LogP contribution in [-0.2, 0) is 5.60 Å². The molecule has 1 N–H and O–H groups in total. The van der Waals surface area contributed by atoms with E-state index in [-0.39, 0.29) is 0 Å². The summed E-state index contributed by atoms with van der Waals surface area (Å²) in [5.41, 5.74) is 0.274. The van der Waals surface area contributed by atoms with Crippen LogP contribution in [0, 0.1) is 0 Å². The van der Waals surface area contributed by atoms with Crippen molar-refractivity contribution in [2.24, 2.45) is 0 Å². The van der Waals surface area contributed by atoms with E-state index < -0.39 is 5.60 Å². The van der Waals surface area contributed by atoms with Gasteiger partial charge in [0.15, 0.2) is 0 Å². The molecule has 0 bridgehead atoms. The van der Waals surface area contributed by atoms with E-state index in [4.69, 9.17) is 0 Å². The fraction of sp³-hybridized carbons (Fsp3) is 0.0714. The summed E-state index contributed by atoms with van der Waals surface area (Å²) in [5.74, 6) is 0. The van der Waals surface area contributed by atoms with Gasteiger partial charge in [0, 0.05) is 22.4 Å². The molecule has 0 amide bonds. The van der Waals surface area contributed by atoms with Crippen LogP contribution in [0.3, 0.4) is 0 Å². The smallest absolute Gasteiger partial charge is 0.134 e. The van der Waals surface area contributed by atoms with Crippen molar-refractivity contribution in [3.63, 3.8) is 0 Å². The van der Waals surface area contributed by atoms with Crippen molar-refractivity contribution in [1.29, 1.82) is 0 Å². The molecule has 2 nitrogen and oxygen atoms in total. The lowest BCUT2D eigenvalue weighted by molar-refractivity contribution is 0.134. The van der Waals surface area contributed by atoms with Gasteiger partial charge < -0.3 is 5.11 Å². The van der Waals surface area contributed by atoms with E-state index in [1.54, 1.807) is 18.5 Å². The van der Waals surface area contributed by atoms with Crippen molar-refractivity contribution < 1.29 is 5.11 Å². The number of hydrogen-bond acceptors (Lipinski definition) is 2. The van der Waals surface area contributed by atoms with Crippen LogP contribution in [0.5, 0.6) is 0 Å². The highest BCUT2D eigenvalue weighted by Gasteiger charge is 2.27. The molecule has 0 saturated heterocycles. The van der Waals surface area contributed by atoms with E-state index in [1.807, 2.05) is 30.3 Å². The summed E-state index contributed by atoms with van der Waals surface area (Å²) in [6.07, 6.45) is 4.84. The van der Waals surface area contributed by atoms with Gasteiger partial charge in [0.1, 0.15) is 5.60 Å². The minimum Gasteiger partial charge on any atom is -0.377 e. The van der Waals surface area contributed by atoms with Crippen LogP contribution in [0.4, 0.5) is 0 Å². The van der Waals surface area contributed by atoms with Crippen LogP contribution in [0.25, 0.3) is 0 Å². The fourth-order valence-electron chi connectivity index (χ4n) is 1.69. The lowest BCUT2D eigenvalue weighted by atomic mass is 9.87. The van der Waals surface area contributed by atoms with E-state index >= 15 is 0 Å². The highest BCUT2D eigenvalue weighted by atomic mass is 79.9. The highest BCUT2D eigenvalue weighted by Crippen LogP contribution is 2.30. The molecule has 2 rings (SSSR count). The van der Waals surface area contributed by atoms with Gasteiger partial charge in [-0.2, -0.15) is 0 Å². The third kappa shape index (κ3) is 2.30. The number of aromatic nitrogens is 1. The molecule has 1 aromatic carbocycles. The topological polar surface area (TPSA) is 33.1 Å². The van der Waals surface area contributed by atoms with Gasteiger partial charge in [-0.05, 0) is 23.8 Å². The molecule has 0 aliphatic heterocycles. The van der Waals surface area contributed by atoms with E-state index in [9.17, 15) is 5.11 Å². The lowest BCUT2D eigenvalue weighted by Gasteiger charge is -2.25. The number of hydrogen-bond donors (Lipinski definition) is 1. The molecule has 3 heteroatoms. The molecular formula is C14H12BrNO. The molecule has 1 atom stereocenters. The molecule has 0 fully saturated rings. The largest absolute Gasteiger partial charge is 0.377 e. The maximum absolute atomic E-state index is 10.7. The van der Waals surface area contributed by atoms with Crippen molar-refractivity contribution in [2.75, 3.05) is 0 Å². The molecule has 0 unspecified atom stereocenters. The minimum absolute atomic E-state index is 0.706. The van der Waals surface area contributed by atoms with E-state index in [0.717, 1.165) is 10.0 Å². The third-order valence-electron chi connectivity index (χ3n) is 2.68. The number of pyridine rings is 1. The minimum atomic E-state index is -1.20. The SMILES string of the molecule is C=C[C@](O)(c1ccc(Br)cc1)c1cccnc1. The van der Waals surface area contributed by atoms with Gasteiger partial charge in [-0.3, -0.25) is 4.98 Å². The van der Waals surface area contributed by atoms with Crippen LogP contribution in [0.2, 0.25) is 0 Å². The maximum Gasteiger partial charge on any atom is 0.134 e. The first kappa shape index (κ1) is 12.0. The Kier molecular flexibility index (Phi) is 3.41. The van der Waals surface area contributed by atoms with Crippen LogP contribution >= 0.6 is 15.9 Å². The zero-order valence-corrected chi connectivity index (χ0v) is 10.8. The number of halogens is 1. The van der Waals surface area contributed by atoms with Crippen LogP contribution in [0.15, 0.2) is 65.9 Å². The van der Waals surface area contributed by atoms with Gasteiger partial charge in [0.25, 0.3) is 0 Å². The summed E-state index contributed by atoms with van der Waals surface area (Å²) < 4.78 is 0.971. The Morgan fingerprint density at radius 1 is 1.18 bits per heavy atom. The average Bonchev–Trinajstić information content (AvgIpc) is 2.40. The second-order valence-electron chi connectivity index (χ2n) is 3.72. The predicted octanol–water partition coefficient (Wildman–Crippen LogP) is 3.27. The maximum atomic E-state index is 10.7. The summed E-state index contributed by atoms with van der Waals surface area (Å²) in [7, 11) is 0. The van der Waals surface area contributed by atoms with Gasteiger partial charge in [-0.25, -0.2) is 0 Å². The Balaban J connectivity index is 2.51. The molecule has 1 heterocycles. The van der Waals surface area contributed by atoms with Crippen molar-refractivity contribution in [3.05, 3.63) is 77.0 Å². The number of benzene rings is 1. The molecule has 17 heavy (non-hydrogen) atoms. The van der Waals surface area contributed by atoms with Gasteiger partial charge in [0.05, 0.1) is 0 Å².